The monoisotopic (exact) mass is 181 g/mol. The average Bonchev–Trinajstić information content (AvgIpc) is 2.30. The van der Waals surface area contributed by atoms with Crippen molar-refractivity contribution in [2.75, 3.05) is 0 Å². The molecule has 66 valence electrons. The van der Waals surface area contributed by atoms with Crippen molar-refractivity contribution in [3.8, 4) is 0 Å². The maximum atomic E-state index is 11.8. The minimum atomic E-state index is -4.64. The molecular formula is C4H2F3N3O2. The van der Waals surface area contributed by atoms with Crippen LogP contribution < -0.4 is 0 Å². The Morgan fingerprint density at radius 2 is 2.17 bits per heavy atom. The van der Waals surface area contributed by atoms with Gasteiger partial charge in [-0.3, -0.25) is 0 Å². The molecule has 0 radical (unpaired) electrons. The highest BCUT2D eigenvalue weighted by molar-refractivity contribution is 5.02. The van der Waals surface area contributed by atoms with Crippen LogP contribution in [0.2, 0.25) is 0 Å². The smallest absolute Gasteiger partial charge is 0.339 e. The van der Waals surface area contributed by atoms with Gasteiger partial charge >= 0.3 is 6.18 Å². The van der Waals surface area contributed by atoms with Gasteiger partial charge in [0.1, 0.15) is 6.20 Å². The molecule has 5 nitrogen and oxygen atoms in total. The first-order chi connectivity index (χ1) is 5.41. The molecule has 0 N–H and O–H groups in total. The zero-order chi connectivity index (χ0) is 9.35. The number of hydrogen-bond acceptors (Lipinski definition) is 3. The van der Waals surface area contributed by atoms with Gasteiger partial charge in [0, 0.05) is 10.9 Å². The lowest BCUT2D eigenvalue weighted by atomic mass is 10.4. The van der Waals surface area contributed by atoms with Gasteiger partial charge in [0.25, 0.3) is 5.69 Å². The third kappa shape index (κ3) is 1.52. The standard InChI is InChI=1S/C4H2F3N3O2/c5-4(6,7)3-1-2-9(8-3)10(11)12/h1-2H. The van der Waals surface area contributed by atoms with Crippen LogP contribution in [0.1, 0.15) is 5.69 Å². The zero-order valence-corrected chi connectivity index (χ0v) is 5.45. The molecule has 1 heterocycles. The molecule has 1 rings (SSSR count). The lowest BCUT2D eigenvalue weighted by molar-refractivity contribution is -0.553. The highest BCUT2D eigenvalue weighted by Gasteiger charge is 2.39. The molecule has 0 aliphatic heterocycles. The van der Waals surface area contributed by atoms with Gasteiger partial charge in [-0.05, 0) is 0 Å². The summed E-state index contributed by atoms with van der Waals surface area (Å²) in [6.07, 6.45) is -4.01. The first kappa shape index (κ1) is 8.50. The fourth-order valence-corrected chi connectivity index (χ4v) is 0.556. The van der Waals surface area contributed by atoms with Crippen molar-refractivity contribution in [3.05, 3.63) is 28.1 Å². The Bertz CT molecular complexity index is 305. The molecule has 0 saturated carbocycles. The Kier molecular flexibility index (Phi) is 1.75. The van der Waals surface area contributed by atoms with Crippen molar-refractivity contribution in [3.63, 3.8) is 0 Å². The zero-order valence-electron chi connectivity index (χ0n) is 5.45. The summed E-state index contributed by atoms with van der Waals surface area (Å²) in [7, 11) is 0. The largest absolute Gasteiger partial charge is 0.460 e. The molecule has 0 spiro atoms. The Labute approximate surface area is 63.5 Å². The second kappa shape index (κ2) is 2.47. The first-order valence-corrected chi connectivity index (χ1v) is 2.69. The van der Waals surface area contributed by atoms with Crippen molar-refractivity contribution in [1.82, 2.24) is 9.89 Å². The normalized spacial score (nSPS) is 11.6. The van der Waals surface area contributed by atoms with Crippen LogP contribution in [0.3, 0.4) is 0 Å². The molecule has 0 fully saturated rings. The molecule has 1 aromatic rings. The molecular weight excluding hydrogens is 179 g/mol. The second-order valence-electron chi connectivity index (χ2n) is 1.86. The van der Waals surface area contributed by atoms with Crippen LogP contribution in [0.5, 0.6) is 0 Å². The van der Waals surface area contributed by atoms with Gasteiger partial charge < -0.3 is 10.1 Å². The van der Waals surface area contributed by atoms with E-state index in [1.807, 2.05) is 0 Å². The topological polar surface area (TPSA) is 61.0 Å². The predicted octanol–water partition coefficient (Wildman–Crippen LogP) is 0.942. The number of halogens is 3. The minimum absolute atomic E-state index is 0.00280. The molecule has 0 aliphatic rings. The van der Waals surface area contributed by atoms with Crippen LogP contribution in [-0.2, 0) is 6.18 Å². The van der Waals surface area contributed by atoms with E-state index in [-0.39, 0.29) is 4.79 Å². The number of hydrogen-bond donors (Lipinski definition) is 0. The van der Waals surface area contributed by atoms with E-state index in [1.54, 1.807) is 0 Å². The van der Waals surface area contributed by atoms with Crippen LogP contribution in [-0.4, -0.2) is 14.9 Å². The molecule has 12 heavy (non-hydrogen) atoms. The fourth-order valence-electron chi connectivity index (χ4n) is 0.556. The summed E-state index contributed by atoms with van der Waals surface area (Å²) in [4.78, 5) is 9.88. The molecule has 1 aromatic heterocycles. The van der Waals surface area contributed by atoms with E-state index in [4.69, 9.17) is 0 Å². The van der Waals surface area contributed by atoms with Gasteiger partial charge in [-0.1, -0.05) is 0 Å². The quantitative estimate of drug-likeness (QED) is 0.478. The summed E-state index contributed by atoms with van der Waals surface area (Å²) >= 11 is 0. The van der Waals surface area contributed by atoms with Crippen LogP contribution >= 0.6 is 0 Å². The summed E-state index contributed by atoms with van der Waals surface area (Å²) in [6, 6.07) is 0.531. The van der Waals surface area contributed by atoms with Crippen molar-refractivity contribution >= 4 is 0 Å². The highest BCUT2D eigenvalue weighted by Crippen LogP contribution is 2.26. The number of nitrogens with zero attached hydrogens (tertiary/aromatic N) is 3. The van der Waals surface area contributed by atoms with E-state index in [0.717, 1.165) is 0 Å². The summed E-state index contributed by atoms with van der Waals surface area (Å²) in [6.45, 7) is 0. The Morgan fingerprint density at radius 1 is 1.58 bits per heavy atom. The summed E-state index contributed by atoms with van der Waals surface area (Å²) in [5, 5.41) is 11.5. The summed E-state index contributed by atoms with van der Waals surface area (Å²) in [5.41, 5.74) is -1.28. The van der Waals surface area contributed by atoms with Crippen LogP contribution in [0, 0.1) is 10.1 Å². The van der Waals surface area contributed by atoms with Crippen LogP contribution in [0.15, 0.2) is 12.3 Å². The lowest BCUT2D eigenvalue weighted by Gasteiger charge is -1.94. The van der Waals surface area contributed by atoms with Gasteiger partial charge in [-0.25, -0.2) is 0 Å². The molecule has 8 heteroatoms. The molecule has 0 saturated heterocycles. The summed E-state index contributed by atoms with van der Waals surface area (Å²) in [5.74, 6) is 0. The SMILES string of the molecule is O=[N+]([O-])n1ccc(C(F)(F)F)n1. The lowest BCUT2D eigenvalue weighted by Crippen LogP contribution is -2.12. The predicted molar refractivity (Wildman–Crippen MR) is 29.6 cm³/mol. The van der Waals surface area contributed by atoms with E-state index in [2.05, 4.69) is 5.10 Å². The maximum Gasteiger partial charge on any atom is 0.460 e. The van der Waals surface area contributed by atoms with E-state index in [1.165, 1.54) is 0 Å². The molecule has 0 atom stereocenters. The highest BCUT2D eigenvalue weighted by atomic mass is 19.4. The van der Waals surface area contributed by atoms with E-state index in [9.17, 15) is 23.3 Å². The minimum Gasteiger partial charge on any atom is -0.339 e. The van der Waals surface area contributed by atoms with E-state index in [0.29, 0.717) is 12.3 Å². The molecule has 0 aliphatic carbocycles. The van der Waals surface area contributed by atoms with Crippen molar-refractivity contribution in [2.45, 2.75) is 6.18 Å². The van der Waals surface area contributed by atoms with E-state index >= 15 is 0 Å². The van der Waals surface area contributed by atoms with Crippen LogP contribution in [0.4, 0.5) is 13.2 Å². The number of rotatable bonds is 1. The van der Waals surface area contributed by atoms with Gasteiger partial charge in [0.05, 0.1) is 10.1 Å². The van der Waals surface area contributed by atoms with Gasteiger partial charge in [0.2, 0.25) is 0 Å². The van der Waals surface area contributed by atoms with Crippen molar-refractivity contribution in [1.29, 1.82) is 0 Å². The molecule has 0 amide bonds. The second-order valence-corrected chi connectivity index (χ2v) is 1.86. The molecule has 0 aromatic carbocycles. The van der Waals surface area contributed by atoms with Gasteiger partial charge in [-0.2, -0.15) is 13.2 Å². The molecule has 0 unspecified atom stereocenters. The van der Waals surface area contributed by atoms with Gasteiger partial charge in [-0.15, -0.1) is 0 Å². The number of aromatic nitrogens is 2. The third-order valence-corrected chi connectivity index (χ3v) is 1.03. The Balaban J connectivity index is 3.00. The van der Waals surface area contributed by atoms with Crippen LogP contribution in [0.25, 0.3) is 0 Å². The number of nitro groups is 1. The maximum absolute atomic E-state index is 11.8. The first-order valence-electron chi connectivity index (χ1n) is 2.69. The molecule has 0 bridgehead atoms. The van der Waals surface area contributed by atoms with Crippen molar-refractivity contribution < 1.29 is 18.2 Å². The average molecular weight is 181 g/mol. The fraction of sp³-hybridized carbons (Fsp3) is 0.250. The number of alkyl halides is 3. The van der Waals surface area contributed by atoms with Crippen molar-refractivity contribution in [2.24, 2.45) is 0 Å². The van der Waals surface area contributed by atoms with E-state index < -0.39 is 16.9 Å². The Hall–Kier alpha value is -1.60. The Morgan fingerprint density at radius 3 is 2.42 bits per heavy atom. The third-order valence-electron chi connectivity index (χ3n) is 1.03. The summed E-state index contributed by atoms with van der Waals surface area (Å²) < 4.78 is 35.3. The van der Waals surface area contributed by atoms with Gasteiger partial charge in [0.15, 0.2) is 0 Å².